The fourth-order valence-corrected chi connectivity index (χ4v) is 1.77. The first kappa shape index (κ1) is 12.2. The lowest BCUT2D eigenvalue weighted by molar-refractivity contribution is 0.218. The van der Waals surface area contributed by atoms with E-state index in [0.717, 1.165) is 18.2 Å². The molecule has 15 heavy (non-hydrogen) atoms. The Bertz CT molecular complexity index is 269. The van der Waals surface area contributed by atoms with Gasteiger partial charge in [-0.1, -0.05) is 19.9 Å². The van der Waals surface area contributed by atoms with Crippen LogP contribution < -0.4 is 0 Å². The molecule has 0 N–H and O–H groups in total. The van der Waals surface area contributed by atoms with Gasteiger partial charge in [0.1, 0.15) is 0 Å². The first-order valence-electron chi connectivity index (χ1n) is 5.69. The minimum absolute atomic E-state index is 0.618. The summed E-state index contributed by atoms with van der Waals surface area (Å²) in [6, 6.07) is 6.70. The molecule has 0 saturated heterocycles. The molecule has 0 fully saturated rings. The Hall–Kier alpha value is -0.890. The minimum Gasteiger partial charge on any atom is -0.298 e. The summed E-state index contributed by atoms with van der Waals surface area (Å²) in [5, 5.41) is 0. The van der Waals surface area contributed by atoms with Crippen LogP contribution >= 0.6 is 0 Å². The number of pyridine rings is 1. The van der Waals surface area contributed by atoms with E-state index in [1.165, 1.54) is 6.42 Å². The summed E-state index contributed by atoms with van der Waals surface area (Å²) in [6.45, 7) is 7.76. The normalized spacial score (nSPS) is 13.5. The van der Waals surface area contributed by atoms with Gasteiger partial charge in [0.25, 0.3) is 0 Å². The van der Waals surface area contributed by atoms with Crippen LogP contribution in [0.1, 0.15) is 32.9 Å². The second kappa shape index (κ2) is 5.86. The van der Waals surface area contributed by atoms with Gasteiger partial charge < -0.3 is 0 Å². The molecule has 0 saturated carbocycles. The van der Waals surface area contributed by atoms with Crippen molar-refractivity contribution in [3.8, 4) is 0 Å². The highest BCUT2D eigenvalue weighted by Gasteiger charge is 2.11. The summed E-state index contributed by atoms with van der Waals surface area (Å²) >= 11 is 0. The topological polar surface area (TPSA) is 16.1 Å². The third kappa shape index (κ3) is 4.43. The van der Waals surface area contributed by atoms with Crippen LogP contribution in [0.4, 0.5) is 0 Å². The average Bonchev–Trinajstić information content (AvgIpc) is 2.18. The molecule has 1 rings (SSSR count). The van der Waals surface area contributed by atoms with Crippen LogP contribution in [0, 0.1) is 5.92 Å². The van der Waals surface area contributed by atoms with E-state index in [1.807, 2.05) is 18.3 Å². The van der Waals surface area contributed by atoms with Crippen molar-refractivity contribution < 1.29 is 0 Å². The van der Waals surface area contributed by atoms with E-state index in [4.69, 9.17) is 0 Å². The van der Waals surface area contributed by atoms with Gasteiger partial charge in [0, 0.05) is 18.8 Å². The van der Waals surface area contributed by atoms with E-state index in [9.17, 15) is 0 Å². The lowest BCUT2D eigenvalue weighted by Crippen LogP contribution is -2.30. The van der Waals surface area contributed by atoms with Crippen LogP contribution in [0.3, 0.4) is 0 Å². The summed E-state index contributed by atoms with van der Waals surface area (Å²) in [5.74, 6) is 0.756. The first-order valence-corrected chi connectivity index (χ1v) is 5.69. The maximum absolute atomic E-state index is 4.34. The van der Waals surface area contributed by atoms with Crippen LogP contribution in [-0.2, 0) is 6.54 Å². The molecule has 0 aromatic carbocycles. The van der Waals surface area contributed by atoms with Crippen molar-refractivity contribution in [2.24, 2.45) is 5.92 Å². The van der Waals surface area contributed by atoms with Crippen molar-refractivity contribution in [3.05, 3.63) is 30.1 Å². The van der Waals surface area contributed by atoms with Crippen LogP contribution in [0.25, 0.3) is 0 Å². The molecular weight excluding hydrogens is 184 g/mol. The Kier molecular flexibility index (Phi) is 4.76. The van der Waals surface area contributed by atoms with E-state index in [-0.39, 0.29) is 0 Å². The molecular formula is C13H22N2. The van der Waals surface area contributed by atoms with Gasteiger partial charge in [0.2, 0.25) is 0 Å². The van der Waals surface area contributed by atoms with Gasteiger partial charge >= 0.3 is 0 Å². The van der Waals surface area contributed by atoms with E-state index >= 15 is 0 Å². The van der Waals surface area contributed by atoms with E-state index < -0.39 is 0 Å². The van der Waals surface area contributed by atoms with Gasteiger partial charge in [-0.25, -0.2) is 0 Å². The smallest absolute Gasteiger partial charge is 0.0543 e. The van der Waals surface area contributed by atoms with Crippen molar-refractivity contribution >= 4 is 0 Å². The summed E-state index contributed by atoms with van der Waals surface area (Å²) in [5.41, 5.74) is 1.15. The molecule has 84 valence electrons. The standard InChI is InChI=1S/C13H22N2/c1-11(2)9-12(3)15(4)10-13-7-5-6-8-14-13/h5-8,11-12H,9-10H2,1-4H3. The third-order valence-corrected chi connectivity index (χ3v) is 2.70. The highest BCUT2D eigenvalue weighted by Crippen LogP contribution is 2.11. The second-order valence-corrected chi connectivity index (χ2v) is 4.71. The highest BCUT2D eigenvalue weighted by atomic mass is 15.1. The lowest BCUT2D eigenvalue weighted by Gasteiger charge is -2.25. The zero-order chi connectivity index (χ0) is 11.3. The number of hydrogen-bond donors (Lipinski definition) is 0. The van der Waals surface area contributed by atoms with E-state index in [0.29, 0.717) is 6.04 Å². The van der Waals surface area contributed by atoms with Crippen molar-refractivity contribution in [3.63, 3.8) is 0 Å². The van der Waals surface area contributed by atoms with Crippen LogP contribution in [-0.4, -0.2) is 23.0 Å². The highest BCUT2D eigenvalue weighted by molar-refractivity contribution is 5.03. The van der Waals surface area contributed by atoms with Crippen molar-refractivity contribution in [1.82, 2.24) is 9.88 Å². The van der Waals surface area contributed by atoms with Crippen LogP contribution in [0.5, 0.6) is 0 Å². The Morgan fingerprint density at radius 1 is 1.27 bits per heavy atom. The zero-order valence-corrected chi connectivity index (χ0v) is 10.3. The Labute approximate surface area is 93.3 Å². The van der Waals surface area contributed by atoms with Gasteiger partial charge in [0.05, 0.1) is 5.69 Å². The van der Waals surface area contributed by atoms with E-state index in [2.05, 4.69) is 43.8 Å². The second-order valence-electron chi connectivity index (χ2n) is 4.71. The summed E-state index contributed by atoms with van der Waals surface area (Å²) in [7, 11) is 2.17. The summed E-state index contributed by atoms with van der Waals surface area (Å²) in [4.78, 5) is 6.70. The molecule has 1 atom stereocenters. The van der Waals surface area contributed by atoms with Crippen LogP contribution in [0.15, 0.2) is 24.4 Å². The first-order chi connectivity index (χ1) is 7.09. The average molecular weight is 206 g/mol. The molecule has 1 unspecified atom stereocenters. The van der Waals surface area contributed by atoms with Gasteiger partial charge in [-0.05, 0) is 38.4 Å². The predicted molar refractivity (Wildman–Crippen MR) is 64.6 cm³/mol. The molecule has 0 radical (unpaired) electrons. The molecule has 1 heterocycles. The molecule has 2 heteroatoms. The summed E-state index contributed by atoms with van der Waals surface area (Å²) in [6.07, 6.45) is 3.10. The SMILES string of the molecule is CC(C)CC(C)N(C)Cc1ccccn1. The van der Waals surface area contributed by atoms with Gasteiger partial charge in [-0.3, -0.25) is 9.88 Å². The quantitative estimate of drug-likeness (QED) is 0.736. The monoisotopic (exact) mass is 206 g/mol. The zero-order valence-electron chi connectivity index (χ0n) is 10.3. The van der Waals surface area contributed by atoms with Gasteiger partial charge in [-0.2, -0.15) is 0 Å². The number of hydrogen-bond acceptors (Lipinski definition) is 2. The number of aromatic nitrogens is 1. The fraction of sp³-hybridized carbons (Fsp3) is 0.615. The lowest BCUT2D eigenvalue weighted by atomic mass is 10.0. The molecule has 2 nitrogen and oxygen atoms in total. The molecule has 0 spiro atoms. The van der Waals surface area contributed by atoms with Crippen LogP contribution in [0.2, 0.25) is 0 Å². The Balaban J connectivity index is 2.45. The largest absolute Gasteiger partial charge is 0.298 e. The molecule has 0 bridgehead atoms. The van der Waals surface area contributed by atoms with Crippen molar-refractivity contribution in [2.45, 2.75) is 39.8 Å². The number of nitrogens with zero attached hydrogens (tertiary/aromatic N) is 2. The molecule has 0 aliphatic carbocycles. The molecule has 0 aliphatic rings. The van der Waals surface area contributed by atoms with Gasteiger partial charge in [0.15, 0.2) is 0 Å². The fourth-order valence-electron chi connectivity index (χ4n) is 1.77. The van der Waals surface area contributed by atoms with Crippen molar-refractivity contribution in [1.29, 1.82) is 0 Å². The predicted octanol–water partition coefficient (Wildman–Crippen LogP) is 2.95. The summed E-state index contributed by atoms with van der Waals surface area (Å²) < 4.78 is 0. The van der Waals surface area contributed by atoms with Crippen molar-refractivity contribution in [2.75, 3.05) is 7.05 Å². The molecule has 0 amide bonds. The Morgan fingerprint density at radius 3 is 2.53 bits per heavy atom. The maximum atomic E-state index is 4.34. The molecule has 1 aromatic heterocycles. The van der Waals surface area contributed by atoms with E-state index in [1.54, 1.807) is 0 Å². The Morgan fingerprint density at radius 2 is 2.00 bits per heavy atom. The van der Waals surface area contributed by atoms with Gasteiger partial charge in [-0.15, -0.1) is 0 Å². The third-order valence-electron chi connectivity index (χ3n) is 2.70. The molecule has 1 aromatic rings. The minimum atomic E-state index is 0.618. The molecule has 0 aliphatic heterocycles. The maximum Gasteiger partial charge on any atom is 0.0543 e. The number of rotatable bonds is 5.